The first-order chi connectivity index (χ1) is 12.2. The lowest BCUT2D eigenvalue weighted by molar-refractivity contribution is 0.261. The van der Waals surface area contributed by atoms with E-state index >= 15 is 0 Å². The first-order valence-corrected chi connectivity index (χ1v) is 11.0. The van der Waals surface area contributed by atoms with Gasteiger partial charge in [0.25, 0.3) is 0 Å². The Morgan fingerprint density at radius 2 is 1.12 bits per heavy atom. The van der Waals surface area contributed by atoms with Crippen molar-refractivity contribution in [3.63, 3.8) is 0 Å². The van der Waals surface area contributed by atoms with Crippen LogP contribution in [0.2, 0.25) is 0 Å². The summed E-state index contributed by atoms with van der Waals surface area (Å²) in [5.74, 6) is 0. The van der Waals surface area contributed by atoms with E-state index in [1.807, 2.05) is 0 Å². The second-order valence-corrected chi connectivity index (χ2v) is 9.16. The fourth-order valence-corrected chi connectivity index (χ4v) is 5.51. The highest BCUT2D eigenvalue weighted by Crippen LogP contribution is 2.37. The zero-order valence-corrected chi connectivity index (χ0v) is 16.6. The van der Waals surface area contributed by atoms with Crippen LogP contribution in [0.25, 0.3) is 0 Å². The van der Waals surface area contributed by atoms with Crippen LogP contribution in [0.4, 0.5) is 0 Å². The molecule has 0 bridgehead atoms. The van der Waals surface area contributed by atoms with Crippen molar-refractivity contribution >= 4 is 0 Å². The lowest BCUT2D eigenvalue weighted by Crippen LogP contribution is -2.43. The van der Waals surface area contributed by atoms with Crippen LogP contribution in [-0.2, 0) is 0 Å². The van der Waals surface area contributed by atoms with Crippen LogP contribution in [0.5, 0.6) is 0 Å². The second kappa shape index (κ2) is 9.37. The maximum Gasteiger partial charge on any atom is 0.00965 e. The molecule has 2 fully saturated rings. The van der Waals surface area contributed by atoms with E-state index in [4.69, 9.17) is 0 Å². The topological polar surface area (TPSA) is 24.1 Å². The molecule has 0 saturated heterocycles. The van der Waals surface area contributed by atoms with Gasteiger partial charge >= 0.3 is 0 Å². The normalized spacial score (nSPS) is 26.8. The van der Waals surface area contributed by atoms with Crippen LogP contribution in [0.1, 0.15) is 90.9 Å². The number of hydrogen-bond donors (Lipinski definition) is 2. The van der Waals surface area contributed by atoms with Gasteiger partial charge in [-0.05, 0) is 52.4 Å². The summed E-state index contributed by atoms with van der Waals surface area (Å²) in [5, 5.41) is 7.87. The Balaban J connectivity index is 1.49. The summed E-state index contributed by atoms with van der Waals surface area (Å²) < 4.78 is 0. The van der Waals surface area contributed by atoms with Gasteiger partial charge in [0.15, 0.2) is 0 Å². The minimum absolute atomic E-state index is 0.252. The standard InChI is InChI=1S/C23H40N2/c1-19(24-21-11-5-3-6-12-21)17-23(15-9-10-16-23)18-20(2)25-22-13-7-4-8-14-22/h9-10,15-16,19-22,24-25H,3-8,11-14,17-18H2,1-2H3. The molecule has 2 N–H and O–H groups in total. The van der Waals surface area contributed by atoms with Crippen LogP contribution in [0, 0.1) is 5.41 Å². The van der Waals surface area contributed by atoms with Crippen molar-refractivity contribution < 1.29 is 0 Å². The Bertz CT molecular complexity index is 399. The third-order valence-electron chi connectivity index (χ3n) is 6.59. The van der Waals surface area contributed by atoms with E-state index in [0.717, 1.165) is 12.1 Å². The molecule has 0 aromatic rings. The molecule has 2 atom stereocenters. The zero-order valence-electron chi connectivity index (χ0n) is 16.6. The molecular weight excluding hydrogens is 304 g/mol. The van der Waals surface area contributed by atoms with E-state index in [1.165, 1.54) is 77.0 Å². The van der Waals surface area contributed by atoms with Crippen molar-refractivity contribution in [2.24, 2.45) is 5.41 Å². The molecule has 3 rings (SSSR count). The van der Waals surface area contributed by atoms with E-state index in [9.17, 15) is 0 Å². The van der Waals surface area contributed by atoms with Crippen molar-refractivity contribution in [3.05, 3.63) is 24.3 Å². The molecule has 0 radical (unpaired) electrons. The monoisotopic (exact) mass is 344 g/mol. The minimum atomic E-state index is 0.252. The van der Waals surface area contributed by atoms with Gasteiger partial charge in [-0.25, -0.2) is 0 Å². The Kier molecular flexibility index (Phi) is 7.18. The van der Waals surface area contributed by atoms with Crippen molar-refractivity contribution in [1.82, 2.24) is 10.6 Å². The second-order valence-electron chi connectivity index (χ2n) is 9.16. The minimum Gasteiger partial charge on any atom is -0.311 e. The van der Waals surface area contributed by atoms with Gasteiger partial charge < -0.3 is 10.6 Å². The first-order valence-electron chi connectivity index (χ1n) is 11.0. The van der Waals surface area contributed by atoms with E-state index in [0.29, 0.717) is 12.1 Å². The smallest absolute Gasteiger partial charge is 0.00965 e. The van der Waals surface area contributed by atoms with Gasteiger partial charge in [-0.2, -0.15) is 0 Å². The van der Waals surface area contributed by atoms with Crippen molar-refractivity contribution in [2.45, 2.75) is 115 Å². The van der Waals surface area contributed by atoms with Gasteiger partial charge in [-0.3, -0.25) is 0 Å². The zero-order chi connectivity index (χ0) is 17.5. The maximum atomic E-state index is 3.94. The third-order valence-corrected chi connectivity index (χ3v) is 6.59. The van der Waals surface area contributed by atoms with E-state index in [2.05, 4.69) is 48.8 Å². The summed E-state index contributed by atoms with van der Waals surface area (Å²) in [4.78, 5) is 0. The Morgan fingerprint density at radius 1 is 0.720 bits per heavy atom. The lowest BCUT2D eigenvalue weighted by Gasteiger charge is -2.36. The fourth-order valence-electron chi connectivity index (χ4n) is 5.51. The molecular formula is C23H40N2. The molecule has 3 aliphatic carbocycles. The molecule has 0 aliphatic heterocycles. The van der Waals surface area contributed by atoms with E-state index in [1.54, 1.807) is 0 Å². The van der Waals surface area contributed by atoms with Crippen molar-refractivity contribution in [2.75, 3.05) is 0 Å². The van der Waals surface area contributed by atoms with Crippen molar-refractivity contribution in [3.8, 4) is 0 Å². The molecule has 0 aromatic heterocycles. The van der Waals surface area contributed by atoms with Gasteiger partial charge in [0.2, 0.25) is 0 Å². The quantitative estimate of drug-likeness (QED) is 0.607. The lowest BCUT2D eigenvalue weighted by atomic mass is 9.77. The molecule has 142 valence electrons. The molecule has 2 heteroatoms. The van der Waals surface area contributed by atoms with Crippen LogP contribution < -0.4 is 10.6 Å². The molecule has 0 amide bonds. The van der Waals surface area contributed by atoms with Gasteiger partial charge in [-0.1, -0.05) is 62.8 Å². The summed E-state index contributed by atoms with van der Waals surface area (Å²) in [6.07, 6.45) is 26.0. The molecule has 0 heterocycles. The number of allylic oxidation sites excluding steroid dienone is 4. The predicted octanol–water partition coefficient (Wildman–Crippen LogP) is 5.50. The molecule has 2 saturated carbocycles. The van der Waals surface area contributed by atoms with Gasteiger partial charge in [0, 0.05) is 29.6 Å². The third kappa shape index (κ3) is 5.96. The average Bonchev–Trinajstić information content (AvgIpc) is 3.04. The highest BCUT2D eigenvalue weighted by molar-refractivity contribution is 5.25. The van der Waals surface area contributed by atoms with Crippen LogP contribution in [0.3, 0.4) is 0 Å². The highest BCUT2D eigenvalue weighted by Gasteiger charge is 2.31. The van der Waals surface area contributed by atoms with Crippen LogP contribution in [0.15, 0.2) is 24.3 Å². The highest BCUT2D eigenvalue weighted by atomic mass is 15.0. The SMILES string of the molecule is CC(CC1(CC(C)NC2CCCCC2)C=CC=C1)NC1CCCCC1. The molecule has 2 nitrogen and oxygen atoms in total. The van der Waals surface area contributed by atoms with Crippen LogP contribution in [-0.4, -0.2) is 24.2 Å². The average molecular weight is 345 g/mol. The van der Waals surface area contributed by atoms with E-state index < -0.39 is 0 Å². The Hall–Kier alpha value is -0.600. The summed E-state index contributed by atoms with van der Waals surface area (Å²) in [7, 11) is 0. The van der Waals surface area contributed by atoms with Gasteiger partial charge in [-0.15, -0.1) is 0 Å². The predicted molar refractivity (Wildman–Crippen MR) is 109 cm³/mol. The number of hydrogen-bond acceptors (Lipinski definition) is 2. The van der Waals surface area contributed by atoms with E-state index in [-0.39, 0.29) is 5.41 Å². The van der Waals surface area contributed by atoms with Crippen molar-refractivity contribution in [1.29, 1.82) is 0 Å². The fraction of sp³-hybridized carbons (Fsp3) is 0.826. The maximum absolute atomic E-state index is 3.94. The molecule has 25 heavy (non-hydrogen) atoms. The molecule has 3 aliphatic rings. The molecule has 2 unspecified atom stereocenters. The number of nitrogens with one attached hydrogen (secondary N) is 2. The van der Waals surface area contributed by atoms with Gasteiger partial charge in [0.1, 0.15) is 0 Å². The molecule has 0 spiro atoms. The first kappa shape index (κ1) is 19.2. The largest absolute Gasteiger partial charge is 0.311 e. The van der Waals surface area contributed by atoms with Crippen LogP contribution >= 0.6 is 0 Å². The summed E-state index contributed by atoms with van der Waals surface area (Å²) in [6.45, 7) is 4.80. The molecule has 0 aromatic carbocycles. The summed E-state index contributed by atoms with van der Waals surface area (Å²) in [5.41, 5.74) is 0.252. The van der Waals surface area contributed by atoms with Gasteiger partial charge in [0.05, 0.1) is 0 Å². The summed E-state index contributed by atoms with van der Waals surface area (Å²) >= 11 is 0. The Labute approximate surface area is 155 Å². The summed E-state index contributed by atoms with van der Waals surface area (Å²) in [6, 6.07) is 2.70. The number of rotatable bonds is 8. The Morgan fingerprint density at radius 3 is 1.52 bits per heavy atom.